The Morgan fingerprint density at radius 2 is 1.59 bits per heavy atom. The number of hydrogen-bond acceptors (Lipinski definition) is 5. The summed E-state index contributed by atoms with van der Waals surface area (Å²) in [6.45, 7) is 1.16. The van der Waals surface area contributed by atoms with Gasteiger partial charge in [0, 0.05) is 11.7 Å². The van der Waals surface area contributed by atoms with Crippen LogP contribution in [0.5, 0.6) is 0 Å². The van der Waals surface area contributed by atoms with Gasteiger partial charge in [0.05, 0.1) is 16.9 Å². The van der Waals surface area contributed by atoms with E-state index < -0.39 is 36.0 Å². The number of carbonyl (C=O) groups is 5. The molecule has 10 heteroatoms. The number of para-hydroxylation sites is 2. The van der Waals surface area contributed by atoms with E-state index in [4.69, 9.17) is 0 Å². The maximum Gasteiger partial charge on any atom is 0.335 e. The average Bonchev–Trinajstić information content (AvgIpc) is 3.51. The molecule has 2 aromatic carbocycles. The summed E-state index contributed by atoms with van der Waals surface area (Å²) in [5, 5.41) is 11.9. The molecule has 216 valence electrons. The second-order valence-corrected chi connectivity index (χ2v) is 11.4. The Morgan fingerprint density at radius 1 is 0.927 bits per heavy atom. The van der Waals surface area contributed by atoms with Crippen LogP contribution in [0.2, 0.25) is 0 Å². The number of carboxylic acids is 1. The molecule has 1 aliphatic heterocycles. The van der Waals surface area contributed by atoms with Crippen LogP contribution in [0.1, 0.15) is 75.1 Å². The molecular formula is C31H36N4O6. The number of carboxylic acid groups (broad SMARTS) is 1. The molecule has 0 radical (unpaired) electrons. The Labute approximate surface area is 239 Å². The van der Waals surface area contributed by atoms with Crippen molar-refractivity contribution in [2.24, 2.45) is 5.92 Å². The number of nitrogens with one attached hydrogen (secondary N) is 1. The van der Waals surface area contributed by atoms with Gasteiger partial charge >= 0.3 is 18.0 Å². The van der Waals surface area contributed by atoms with Crippen LogP contribution in [-0.2, 0) is 9.59 Å². The highest BCUT2D eigenvalue weighted by atomic mass is 16.4. The van der Waals surface area contributed by atoms with Crippen LogP contribution in [0, 0.1) is 5.92 Å². The number of hydrogen-bond donors (Lipinski definition) is 2. The topological polar surface area (TPSA) is 127 Å². The minimum Gasteiger partial charge on any atom is -0.478 e. The first kappa shape index (κ1) is 28.3. The number of carbonyl (C=O) groups excluding carboxylic acids is 4. The zero-order chi connectivity index (χ0) is 29.1. The Kier molecular flexibility index (Phi) is 8.10. The standard InChI is InChI=1S/C31H36N4O6/c1-31(20-36,22-11-5-6-12-22)35-26-17-8-7-16-25(26)34(24-14-3-2-4-15-24)29(40)33(30(35)41)19-27(37)32-23-13-9-10-21(18-23)28(38)39/h7-10,13,16-18,20,22,24H,2-6,11-12,14-15,19H2,1H3,(H,32,37)(H,38,39). The molecule has 1 unspecified atom stereocenters. The van der Waals surface area contributed by atoms with Gasteiger partial charge in [-0.1, -0.05) is 50.3 Å². The summed E-state index contributed by atoms with van der Waals surface area (Å²) in [6.07, 6.45) is 8.77. The van der Waals surface area contributed by atoms with Crippen LogP contribution in [-0.4, -0.2) is 58.4 Å². The van der Waals surface area contributed by atoms with Crippen LogP contribution in [0.3, 0.4) is 0 Å². The minimum atomic E-state index is -1.23. The van der Waals surface area contributed by atoms with Gasteiger partial charge in [0.25, 0.3) is 0 Å². The number of fused-ring (bicyclic) bond motifs is 1. The van der Waals surface area contributed by atoms with E-state index in [1.54, 1.807) is 24.0 Å². The van der Waals surface area contributed by atoms with Gasteiger partial charge in [-0.25, -0.2) is 19.3 Å². The molecule has 5 rings (SSSR count). The first-order valence-corrected chi connectivity index (χ1v) is 14.4. The van der Waals surface area contributed by atoms with Crippen molar-refractivity contribution in [2.45, 2.75) is 76.3 Å². The van der Waals surface area contributed by atoms with Crippen molar-refractivity contribution in [3.63, 3.8) is 0 Å². The highest BCUT2D eigenvalue weighted by Crippen LogP contribution is 2.45. The van der Waals surface area contributed by atoms with Crippen molar-refractivity contribution in [1.29, 1.82) is 0 Å². The molecule has 1 atom stereocenters. The van der Waals surface area contributed by atoms with Gasteiger partial charge in [-0.2, -0.15) is 0 Å². The molecule has 1 heterocycles. The fourth-order valence-corrected chi connectivity index (χ4v) is 6.60. The van der Waals surface area contributed by atoms with Crippen molar-refractivity contribution in [3.05, 3.63) is 54.1 Å². The molecule has 3 aliphatic rings. The van der Waals surface area contributed by atoms with Crippen molar-refractivity contribution >= 4 is 47.3 Å². The van der Waals surface area contributed by atoms with Crippen molar-refractivity contribution in [1.82, 2.24) is 4.90 Å². The first-order chi connectivity index (χ1) is 19.7. The maximum absolute atomic E-state index is 14.4. The summed E-state index contributed by atoms with van der Waals surface area (Å²) < 4.78 is 0. The second kappa shape index (κ2) is 11.7. The molecule has 2 N–H and O–H groups in total. The van der Waals surface area contributed by atoms with Crippen LogP contribution in [0.4, 0.5) is 26.7 Å². The summed E-state index contributed by atoms with van der Waals surface area (Å²) in [6, 6.07) is 11.5. The van der Waals surface area contributed by atoms with Crippen LogP contribution in [0.25, 0.3) is 0 Å². The molecule has 2 fully saturated rings. The predicted molar refractivity (Wildman–Crippen MR) is 154 cm³/mol. The Balaban J connectivity index is 1.56. The number of benzene rings is 2. The molecule has 2 saturated carbocycles. The van der Waals surface area contributed by atoms with Crippen LogP contribution < -0.4 is 15.1 Å². The quantitative estimate of drug-likeness (QED) is 0.401. The van der Waals surface area contributed by atoms with Crippen LogP contribution >= 0.6 is 0 Å². The molecule has 10 nitrogen and oxygen atoms in total. The summed E-state index contributed by atoms with van der Waals surface area (Å²) >= 11 is 0. The molecule has 2 aromatic rings. The summed E-state index contributed by atoms with van der Waals surface area (Å²) in [5.41, 5.74) is 0.0403. The van der Waals surface area contributed by atoms with Crippen molar-refractivity contribution in [2.75, 3.05) is 21.7 Å². The summed E-state index contributed by atoms with van der Waals surface area (Å²) in [7, 11) is 0. The van der Waals surface area contributed by atoms with Gasteiger partial charge in [0.15, 0.2) is 0 Å². The lowest BCUT2D eigenvalue weighted by molar-refractivity contribution is -0.116. The van der Waals surface area contributed by atoms with Gasteiger partial charge < -0.3 is 15.2 Å². The molecule has 2 aliphatic carbocycles. The summed E-state index contributed by atoms with van der Waals surface area (Å²) in [4.78, 5) is 70.3. The van der Waals surface area contributed by atoms with E-state index >= 15 is 0 Å². The molecule has 0 saturated heterocycles. The smallest absolute Gasteiger partial charge is 0.335 e. The lowest BCUT2D eigenvalue weighted by atomic mass is 9.83. The fraction of sp³-hybridized carbons (Fsp3) is 0.452. The highest BCUT2D eigenvalue weighted by Gasteiger charge is 2.50. The zero-order valence-electron chi connectivity index (χ0n) is 23.3. The second-order valence-electron chi connectivity index (χ2n) is 11.4. The van der Waals surface area contributed by atoms with Gasteiger partial charge in [-0.3, -0.25) is 14.6 Å². The van der Waals surface area contributed by atoms with E-state index in [0.717, 1.165) is 69.0 Å². The lowest BCUT2D eigenvalue weighted by Crippen LogP contribution is -2.61. The number of nitrogens with zero attached hydrogens (tertiary/aromatic N) is 3. The third-order valence-corrected chi connectivity index (χ3v) is 8.78. The molecular weight excluding hydrogens is 524 g/mol. The molecule has 0 aromatic heterocycles. The molecule has 41 heavy (non-hydrogen) atoms. The summed E-state index contributed by atoms with van der Waals surface area (Å²) in [5.74, 6) is -1.89. The number of aldehydes is 1. The van der Waals surface area contributed by atoms with E-state index in [1.165, 1.54) is 29.2 Å². The van der Waals surface area contributed by atoms with Gasteiger partial charge in [-0.05, 0) is 68.9 Å². The van der Waals surface area contributed by atoms with Crippen LogP contribution in [0.15, 0.2) is 48.5 Å². The zero-order valence-corrected chi connectivity index (χ0v) is 23.3. The Hall–Kier alpha value is -4.21. The van der Waals surface area contributed by atoms with E-state index in [0.29, 0.717) is 11.4 Å². The molecule has 0 bridgehead atoms. The fourth-order valence-electron chi connectivity index (χ4n) is 6.60. The Morgan fingerprint density at radius 3 is 2.24 bits per heavy atom. The predicted octanol–water partition coefficient (Wildman–Crippen LogP) is 5.67. The van der Waals surface area contributed by atoms with Gasteiger partial charge in [0.2, 0.25) is 5.91 Å². The van der Waals surface area contributed by atoms with Gasteiger partial charge in [-0.15, -0.1) is 0 Å². The normalized spacial score (nSPS) is 19.9. The minimum absolute atomic E-state index is 0.00635. The maximum atomic E-state index is 14.4. The number of urea groups is 2. The average molecular weight is 561 g/mol. The van der Waals surface area contributed by atoms with Gasteiger partial charge in [0.1, 0.15) is 18.4 Å². The monoisotopic (exact) mass is 560 g/mol. The molecule has 5 amide bonds. The molecule has 0 spiro atoms. The highest BCUT2D eigenvalue weighted by molar-refractivity contribution is 6.17. The number of aromatic carboxylic acids is 1. The lowest BCUT2D eigenvalue weighted by Gasteiger charge is -2.42. The third kappa shape index (κ3) is 5.42. The first-order valence-electron chi connectivity index (χ1n) is 14.4. The largest absolute Gasteiger partial charge is 0.478 e. The SMILES string of the molecule is CC(C=O)(C1CCCC1)N1C(=O)N(CC(=O)Nc2cccc(C(=O)O)c2)C(=O)N(C2CCCCC2)c2ccccc21. The van der Waals surface area contributed by atoms with E-state index in [9.17, 15) is 29.1 Å². The van der Waals surface area contributed by atoms with E-state index in [2.05, 4.69) is 5.32 Å². The number of anilines is 3. The number of rotatable bonds is 8. The van der Waals surface area contributed by atoms with Crippen molar-refractivity contribution in [3.8, 4) is 0 Å². The van der Waals surface area contributed by atoms with E-state index in [-0.39, 0.29) is 23.2 Å². The number of amides is 5. The van der Waals surface area contributed by atoms with E-state index in [1.807, 2.05) is 12.1 Å². The number of imide groups is 1. The van der Waals surface area contributed by atoms with Crippen molar-refractivity contribution < 1.29 is 29.1 Å². The Bertz CT molecular complexity index is 1350. The third-order valence-electron chi connectivity index (χ3n) is 8.78.